The topological polar surface area (TPSA) is 105 Å². The fourth-order valence-corrected chi connectivity index (χ4v) is 4.43. The molecule has 1 aliphatic carbocycles. The molecular weight excluding hydrogens is 446 g/mol. The summed E-state index contributed by atoms with van der Waals surface area (Å²) in [4.78, 5) is 13.2. The molecule has 3 aromatic rings. The smallest absolute Gasteiger partial charge is 0.355 e. The molecule has 188 valence electrons. The van der Waals surface area contributed by atoms with E-state index < -0.39 is 0 Å². The first kappa shape index (κ1) is 24.8. The summed E-state index contributed by atoms with van der Waals surface area (Å²) in [5.41, 5.74) is 7.18. The average molecular weight is 483 g/mol. The van der Waals surface area contributed by atoms with E-state index in [9.17, 15) is 4.79 Å². The van der Waals surface area contributed by atoms with Gasteiger partial charge in [-0.2, -0.15) is 0 Å². The van der Waals surface area contributed by atoms with Crippen molar-refractivity contribution in [2.75, 3.05) is 26.1 Å². The van der Waals surface area contributed by atoms with Gasteiger partial charge in [-0.1, -0.05) is 43.5 Å². The minimum atomic E-state index is -0.128. The largest absolute Gasteiger partial charge is 0.497 e. The molecule has 0 atom stereocenters. The van der Waals surface area contributed by atoms with E-state index in [2.05, 4.69) is 17.1 Å². The maximum Gasteiger partial charge on any atom is 0.355 e. The summed E-state index contributed by atoms with van der Waals surface area (Å²) < 4.78 is 20.2. The van der Waals surface area contributed by atoms with E-state index in [-0.39, 0.29) is 18.3 Å². The number of rotatable bonds is 12. The third kappa shape index (κ3) is 6.41. The zero-order valence-corrected chi connectivity index (χ0v) is 20.7. The Morgan fingerprint density at radius 1 is 1.11 bits per heavy atom. The molecule has 0 amide bonds. The van der Waals surface area contributed by atoms with Crippen molar-refractivity contribution in [2.45, 2.75) is 64.8 Å². The van der Waals surface area contributed by atoms with E-state index >= 15 is 0 Å². The Hall–Kier alpha value is -3.36. The van der Waals surface area contributed by atoms with Crippen LogP contribution in [0.25, 0.3) is 5.65 Å². The Labute approximate surface area is 206 Å². The number of methoxy groups -OCH3 is 1. The Morgan fingerprint density at radius 2 is 1.91 bits per heavy atom. The van der Waals surface area contributed by atoms with E-state index in [0.717, 1.165) is 19.3 Å². The standard InChI is InChI=1S/C26H36N5O4/c1-3-4-8-13-34-24-11-12-25-30(29-26(27)31(25)28-24)17-23(32)20-14-21(33-2)16-22(15-20)35-18-19-9-6-5-7-10-19/h11-12,14-16,19H,3-10,13,17-18H2,1-2H3,(H2,27,29)/q+1. The van der Waals surface area contributed by atoms with E-state index in [4.69, 9.17) is 19.9 Å². The fourth-order valence-electron chi connectivity index (χ4n) is 4.43. The predicted octanol–water partition coefficient (Wildman–Crippen LogP) is 4.02. The van der Waals surface area contributed by atoms with Gasteiger partial charge in [0.25, 0.3) is 5.88 Å². The van der Waals surface area contributed by atoms with Crippen LogP contribution in [0.1, 0.15) is 68.6 Å². The Kier molecular flexibility index (Phi) is 8.39. The van der Waals surface area contributed by atoms with Crippen molar-refractivity contribution < 1.29 is 23.7 Å². The van der Waals surface area contributed by atoms with Crippen LogP contribution < -0.4 is 24.6 Å². The first-order valence-corrected chi connectivity index (χ1v) is 12.6. The van der Waals surface area contributed by atoms with Gasteiger partial charge in [0.15, 0.2) is 6.54 Å². The van der Waals surface area contributed by atoms with Crippen LogP contribution in [0.5, 0.6) is 17.4 Å². The quantitative estimate of drug-likeness (QED) is 0.236. The van der Waals surface area contributed by atoms with Gasteiger partial charge in [-0.3, -0.25) is 4.79 Å². The highest BCUT2D eigenvalue weighted by atomic mass is 16.5. The van der Waals surface area contributed by atoms with Crippen LogP contribution >= 0.6 is 0 Å². The van der Waals surface area contributed by atoms with Crippen LogP contribution in [0.15, 0.2) is 30.3 Å². The van der Waals surface area contributed by atoms with E-state index in [1.54, 1.807) is 30.0 Å². The monoisotopic (exact) mass is 482 g/mol. The summed E-state index contributed by atoms with van der Waals surface area (Å²) in [5.74, 6) is 2.33. The molecule has 4 rings (SSSR count). The van der Waals surface area contributed by atoms with Crippen LogP contribution in [0.2, 0.25) is 0 Å². The number of fused-ring (bicyclic) bond motifs is 1. The number of benzene rings is 1. The molecule has 9 nitrogen and oxygen atoms in total. The van der Waals surface area contributed by atoms with Crippen molar-refractivity contribution in [3.8, 4) is 17.4 Å². The Morgan fingerprint density at radius 3 is 2.69 bits per heavy atom. The van der Waals surface area contributed by atoms with Gasteiger partial charge < -0.3 is 19.9 Å². The molecule has 0 radical (unpaired) electrons. The van der Waals surface area contributed by atoms with Crippen LogP contribution in [0.3, 0.4) is 0 Å². The number of ketones is 1. The molecule has 1 saturated carbocycles. The number of nitrogen functional groups attached to an aromatic ring is 1. The Balaban J connectivity index is 1.46. The number of carbonyl (C=O) groups excluding carboxylic acids is 1. The lowest BCUT2D eigenvalue weighted by Crippen LogP contribution is -2.40. The molecule has 9 heteroatoms. The van der Waals surface area contributed by atoms with Crippen LogP contribution in [-0.4, -0.2) is 40.8 Å². The first-order valence-electron chi connectivity index (χ1n) is 12.6. The van der Waals surface area contributed by atoms with E-state index in [0.29, 0.717) is 47.7 Å². The van der Waals surface area contributed by atoms with Gasteiger partial charge in [0.1, 0.15) is 11.5 Å². The third-order valence-corrected chi connectivity index (χ3v) is 6.43. The molecular formula is C26H36N5O4+. The van der Waals surface area contributed by atoms with Crippen LogP contribution in [-0.2, 0) is 6.54 Å². The van der Waals surface area contributed by atoms with Gasteiger partial charge in [0.05, 0.1) is 20.3 Å². The molecule has 1 aliphatic rings. The zero-order chi connectivity index (χ0) is 24.6. The first-order chi connectivity index (χ1) is 17.1. The maximum absolute atomic E-state index is 13.2. The Bertz CT molecular complexity index is 1140. The molecule has 2 N–H and O–H groups in total. The second kappa shape index (κ2) is 11.9. The fraction of sp³-hybridized carbons (Fsp3) is 0.538. The lowest BCUT2D eigenvalue weighted by atomic mass is 9.90. The van der Waals surface area contributed by atoms with Crippen molar-refractivity contribution in [1.29, 1.82) is 0 Å². The molecule has 2 heterocycles. The third-order valence-electron chi connectivity index (χ3n) is 6.43. The minimum absolute atomic E-state index is 0.00825. The van der Waals surface area contributed by atoms with Crippen molar-refractivity contribution >= 4 is 17.4 Å². The van der Waals surface area contributed by atoms with Crippen molar-refractivity contribution in [3.05, 3.63) is 35.9 Å². The number of hydrogen-bond donors (Lipinski definition) is 1. The number of anilines is 1. The number of aromatic nitrogens is 4. The number of nitrogens with two attached hydrogens (primary N) is 1. The molecule has 1 aromatic carbocycles. The minimum Gasteiger partial charge on any atom is -0.497 e. The van der Waals surface area contributed by atoms with Gasteiger partial charge in [-0.15, -0.1) is 4.68 Å². The molecule has 0 bridgehead atoms. The summed E-state index contributed by atoms with van der Waals surface area (Å²) in [6.45, 7) is 3.41. The number of Topliss-reactive ketones (excluding diaryl/α,β-unsaturated/α-hetero) is 1. The highest BCUT2D eigenvalue weighted by Gasteiger charge is 2.23. The molecule has 0 aliphatic heterocycles. The number of carbonyl (C=O) groups is 1. The lowest BCUT2D eigenvalue weighted by molar-refractivity contribution is -0.714. The number of unbranched alkanes of at least 4 members (excludes halogenated alkanes) is 2. The second-order valence-corrected chi connectivity index (χ2v) is 9.15. The van der Waals surface area contributed by atoms with Gasteiger partial charge in [0, 0.05) is 23.8 Å². The van der Waals surface area contributed by atoms with Crippen LogP contribution in [0, 0.1) is 5.92 Å². The summed E-state index contributed by atoms with van der Waals surface area (Å²) in [6.07, 6.45) is 9.42. The number of ether oxygens (including phenoxy) is 3. The molecule has 0 spiro atoms. The summed E-state index contributed by atoms with van der Waals surface area (Å²) in [6, 6.07) is 8.90. The normalized spacial score (nSPS) is 14.2. The van der Waals surface area contributed by atoms with Gasteiger partial charge in [-0.25, -0.2) is 0 Å². The average Bonchev–Trinajstić information content (AvgIpc) is 3.20. The summed E-state index contributed by atoms with van der Waals surface area (Å²) in [7, 11) is 1.58. The van der Waals surface area contributed by atoms with Gasteiger partial charge >= 0.3 is 11.6 Å². The molecule has 1 fully saturated rings. The second-order valence-electron chi connectivity index (χ2n) is 9.15. The van der Waals surface area contributed by atoms with E-state index in [1.165, 1.54) is 36.6 Å². The molecule has 0 unspecified atom stereocenters. The SMILES string of the molecule is CCCCCOc1ccc2n(n1)c(N)n[n+]2CC(=O)c1cc(OC)cc(OCC2CCCCC2)c1. The molecule has 2 aromatic heterocycles. The van der Waals surface area contributed by atoms with Crippen molar-refractivity contribution in [2.24, 2.45) is 5.92 Å². The zero-order valence-electron chi connectivity index (χ0n) is 20.7. The summed E-state index contributed by atoms with van der Waals surface area (Å²) in [5, 5.41) is 8.74. The molecule has 0 saturated heterocycles. The lowest BCUT2D eigenvalue weighted by Gasteiger charge is -2.22. The van der Waals surface area contributed by atoms with Crippen molar-refractivity contribution in [3.63, 3.8) is 0 Å². The predicted molar refractivity (Wildman–Crippen MR) is 132 cm³/mol. The van der Waals surface area contributed by atoms with Crippen molar-refractivity contribution in [1.82, 2.24) is 14.7 Å². The number of nitrogens with zero attached hydrogens (tertiary/aromatic N) is 4. The highest BCUT2D eigenvalue weighted by Crippen LogP contribution is 2.27. The van der Waals surface area contributed by atoms with E-state index in [1.807, 2.05) is 12.1 Å². The maximum atomic E-state index is 13.2. The van der Waals surface area contributed by atoms with Gasteiger partial charge in [0.2, 0.25) is 5.78 Å². The highest BCUT2D eigenvalue weighted by molar-refractivity contribution is 5.96. The van der Waals surface area contributed by atoms with Gasteiger partial charge in [-0.05, 0) is 47.5 Å². The number of hydrogen-bond acceptors (Lipinski definition) is 7. The van der Waals surface area contributed by atoms with Crippen LogP contribution in [0.4, 0.5) is 5.95 Å². The molecule has 35 heavy (non-hydrogen) atoms. The summed E-state index contributed by atoms with van der Waals surface area (Å²) >= 11 is 0.